The monoisotopic (exact) mass is 735 g/mol. The van der Waals surface area contributed by atoms with Crippen LogP contribution in [-0.4, -0.2) is 38.8 Å². The van der Waals surface area contributed by atoms with E-state index < -0.39 is 10.7 Å². The Morgan fingerprint density at radius 1 is 0.944 bits per heavy atom. The molecule has 0 saturated heterocycles. The summed E-state index contributed by atoms with van der Waals surface area (Å²) in [6.45, 7) is 13.9. The maximum atomic E-state index is 13.0. The molecule has 2 aliphatic rings. The fraction of sp³-hybridized carbons (Fsp3) is 0.262. The van der Waals surface area contributed by atoms with E-state index in [9.17, 15) is 13.2 Å². The van der Waals surface area contributed by atoms with Crippen LogP contribution in [-0.2, 0) is 32.0 Å². The van der Waals surface area contributed by atoms with Crippen molar-refractivity contribution < 1.29 is 32.1 Å². The number of pyridine rings is 1. The van der Waals surface area contributed by atoms with E-state index in [0.717, 1.165) is 46.9 Å². The first kappa shape index (κ1) is 41.9. The Hall–Kier alpha value is -4.82. The number of rotatable bonds is 10. The molecule has 3 heterocycles. The number of fused-ring (bicyclic) bond motifs is 1. The third kappa shape index (κ3) is 13.2. The number of carbonyl (C=O) groups excluding carboxylic acids is 1. The van der Waals surface area contributed by atoms with Crippen molar-refractivity contribution in [2.45, 2.75) is 63.4 Å². The van der Waals surface area contributed by atoms with E-state index in [-0.39, 0.29) is 36.7 Å². The molecule has 0 radical (unpaired) electrons. The minimum Gasteiger partial charge on any atom is -0.420 e. The zero-order valence-corrected chi connectivity index (χ0v) is 32.2. The van der Waals surface area contributed by atoms with Crippen molar-refractivity contribution in [3.05, 3.63) is 140 Å². The zero-order chi connectivity index (χ0) is 37.7. The van der Waals surface area contributed by atoms with E-state index in [0.29, 0.717) is 28.2 Å². The van der Waals surface area contributed by atoms with Gasteiger partial charge in [-0.1, -0.05) is 74.2 Å². The van der Waals surface area contributed by atoms with Gasteiger partial charge in [0.05, 0.1) is 11.7 Å². The molecule has 0 bridgehead atoms. The van der Waals surface area contributed by atoms with E-state index >= 15 is 0 Å². The molecular formula is C42H46LiN7O3S-2. The molecule has 276 valence electrons. The summed E-state index contributed by atoms with van der Waals surface area (Å²) in [5.41, 5.74) is 6.17. The van der Waals surface area contributed by atoms with Gasteiger partial charge in [0.15, 0.2) is 0 Å². The van der Waals surface area contributed by atoms with Gasteiger partial charge in [-0.25, -0.2) is 9.97 Å². The molecule has 0 spiro atoms. The number of nitrogens with one attached hydrogen (secondary N) is 3. The molecular weight excluding hydrogens is 690 g/mol. The van der Waals surface area contributed by atoms with Gasteiger partial charge < -0.3 is 38.2 Å². The second kappa shape index (κ2) is 20.6. The van der Waals surface area contributed by atoms with E-state index in [1.165, 1.54) is 24.7 Å². The summed E-state index contributed by atoms with van der Waals surface area (Å²) >= 11 is 0. The smallest absolute Gasteiger partial charge is 0.420 e. The summed E-state index contributed by atoms with van der Waals surface area (Å²) in [6, 6.07) is 28.7. The maximum absolute atomic E-state index is 13.0. The first-order valence-corrected chi connectivity index (χ1v) is 18.8. The summed E-state index contributed by atoms with van der Waals surface area (Å²) in [5, 5.41) is 9.62. The molecule has 3 aromatic carbocycles. The van der Waals surface area contributed by atoms with Crippen molar-refractivity contribution in [1.82, 2.24) is 20.3 Å². The van der Waals surface area contributed by atoms with Crippen molar-refractivity contribution in [2.75, 3.05) is 10.6 Å². The van der Waals surface area contributed by atoms with Gasteiger partial charge >= 0.3 is 18.9 Å². The van der Waals surface area contributed by atoms with Gasteiger partial charge in [-0.2, -0.15) is 11.8 Å². The van der Waals surface area contributed by atoms with Crippen LogP contribution in [0.15, 0.2) is 120 Å². The fourth-order valence-electron chi connectivity index (χ4n) is 5.32. The summed E-state index contributed by atoms with van der Waals surface area (Å²) in [6.07, 6.45) is 8.79. The van der Waals surface area contributed by atoms with Crippen molar-refractivity contribution in [3.8, 4) is 11.3 Å². The Kier molecular flexibility index (Phi) is 16.0. The zero-order valence-electron chi connectivity index (χ0n) is 31.4. The minimum atomic E-state index is -2.15. The molecule has 0 unspecified atom stereocenters. The average molecular weight is 736 g/mol. The SMILES string of the molecule is O=[S-](=O)c1ccc2c(c1)CC(=NC1CC1)N2.[CH2-]C(C)C.[CH2-][C@@H](C)[C@H](Cc1ccccc1)NC(=O)c1cccc(Nc2cc(-c3cccnc3)ncn2)c1.[Li+]. The largest absolute Gasteiger partial charge is 1.00 e. The molecule has 54 heavy (non-hydrogen) atoms. The predicted octanol–water partition coefficient (Wildman–Crippen LogP) is 5.46. The van der Waals surface area contributed by atoms with Crippen molar-refractivity contribution in [3.63, 3.8) is 0 Å². The fourth-order valence-corrected chi connectivity index (χ4v) is 5.74. The van der Waals surface area contributed by atoms with Crippen LogP contribution >= 0.6 is 0 Å². The van der Waals surface area contributed by atoms with Crippen LogP contribution in [0, 0.1) is 25.7 Å². The van der Waals surface area contributed by atoms with Gasteiger partial charge in [0.2, 0.25) is 0 Å². The first-order valence-electron chi connectivity index (χ1n) is 17.7. The van der Waals surface area contributed by atoms with E-state index in [2.05, 4.69) is 75.7 Å². The van der Waals surface area contributed by atoms with Crippen molar-refractivity contribution in [2.24, 2.45) is 16.8 Å². The van der Waals surface area contributed by atoms with E-state index in [1.807, 2.05) is 61.5 Å². The Bertz CT molecular complexity index is 2060. The van der Waals surface area contributed by atoms with Gasteiger partial charge in [-0.3, -0.25) is 14.8 Å². The summed E-state index contributed by atoms with van der Waals surface area (Å²) < 4.78 is 21.6. The van der Waals surface area contributed by atoms with Crippen LogP contribution in [0.2, 0.25) is 0 Å². The molecule has 5 aromatic rings. The third-order valence-corrected chi connectivity index (χ3v) is 8.75. The number of nitrogens with zero attached hydrogens (tertiary/aromatic N) is 4. The summed E-state index contributed by atoms with van der Waals surface area (Å²) in [4.78, 5) is 30.6. The summed E-state index contributed by atoms with van der Waals surface area (Å²) in [7, 11) is -2.15. The Balaban J connectivity index is 0.000000256. The maximum Gasteiger partial charge on any atom is 1.00 e. The van der Waals surface area contributed by atoms with E-state index in [1.54, 1.807) is 36.7 Å². The van der Waals surface area contributed by atoms with Crippen LogP contribution in [0.5, 0.6) is 0 Å². The number of benzene rings is 3. The number of hydrogen-bond donors (Lipinski definition) is 3. The third-order valence-electron chi connectivity index (χ3n) is 8.11. The molecule has 1 aliphatic carbocycles. The van der Waals surface area contributed by atoms with E-state index in [4.69, 9.17) is 0 Å². The Morgan fingerprint density at radius 3 is 2.37 bits per heavy atom. The predicted molar refractivity (Wildman–Crippen MR) is 212 cm³/mol. The van der Waals surface area contributed by atoms with Crippen LogP contribution in [0.25, 0.3) is 11.3 Å². The Morgan fingerprint density at radius 2 is 1.70 bits per heavy atom. The molecule has 1 aliphatic heterocycles. The molecule has 12 heteroatoms. The van der Waals surface area contributed by atoms with Crippen LogP contribution in [0.1, 0.15) is 55.1 Å². The molecule has 1 fully saturated rings. The standard InChI is InChI=1S/C27H26N5O.C11H11N2O2S.C4H9.Li/c1-19(2)24(14-20-8-4-3-5-9-20)32-27(33)21-10-6-12-23(15-21)31-26-16-25(29-18-30-26)22-11-7-13-28-17-22;14-16(15)9-3-4-10-7(5-9)6-11(13-10)12-8-1-2-8;1-4(2)3;/h3-13,15-19,24H,1,14H2,2H3,(H,32,33)(H,29,30,31);3-5,8H,1-2,6H2,(H,12,13);4H,1H2,2-3H3;/q3*-1;+1/t19-,24-;;;/m0.../s1. The minimum absolute atomic E-state index is 0. The number of amides is 1. The van der Waals surface area contributed by atoms with Crippen molar-refractivity contribution in [1.29, 1.82) is 0 Å². The van der Waals surface area contributed by atoms with Gasteiger partial charge in [0.1, 0.15) is 18.0 Å². The molecule has 7 rings (SSSR count). The second-order valence-electron chi connectivity index (χ2n) is 13.5. The number of carbonyl (C=O) groups is 1. The molecule has 10 nitrogen and oxygen atoms in total. The topological polar surface area (TPSA) is 138 Å². The molecule has 1 saturated carbocycles. The van der Waals surface area contributed by atoms with Crippen LogP contribution < -0.4 is 34.8 Å². The first-order chi connectivity index (χ1) is 25.5. The van der Waals surface area contributed by atoms with Crippen LogP contribution in [0.3, 0.4) is 0 Å². The van der Waals surface area contributed by atoms with Gasteiger partial charge in [-0.05, 0) is 77.5 Å². The number of hydrogen-bond acceptors (Lipinski definition) is 9. The molecule has 3 N–H and O–H groups in total. The van der Waals surface area contributed by atoms with Gasteiger partial charge in [0, 0.05) is 53.4 Å². The molecule has 2 aromatic heterocycles. The van der Waals surface area contributed by atoms with Gasteiger partial charge in [-0.15, -0.1) is 0 Å². The normalized spacial score (nSPS) is 14.6. The number of anilines is 3. The molecule has 1 amide bonds. The number of amidine groups is 1. The van der Waals surface area contributed by atoms with Crippen LogP contribution in [0.4, 0.5) is 17.2 Å². The second-order valence-corrected chi connectivity index (χ2v) is 14.5. The number of aromatic nitrogens is 3. The van der Waals surface area contributed by atoms with Crippen molar-refractivity contribution >= 4 is 39.6 Å². The average Bonchev–Trinajstić information content (AvgIpc) is 3.87. The number of aliphatic imine (C=N–C) groups is 1. The summed E-state index contributed by atoms with van der Waals surface area (Å²) in [5.74, 6) is 2.11. The molecule has 2 atom stereocenters. The quantitative estimate of drug-likeness (QED) is 0.0978. The Labute approximate surface area is 332 Å². The van der Waals surface area contributed by atoms with Gasteiger partial charge in [0.25, 0.3) is 5.91 Å².